The van der Waals surface area contributed by atoms with Crippen molar-refractivity contribution in [1.29, 1.82) is 0 Å². The van der Waals surface area contributed by atoms with Crippen molar-refractivity contribution < 1.29 is 0 Å². The second-order valence-electron chi connectivity index (χ2n) is 11.4. The molecule has 0 N–H and O–H groups in total. The van der Waals surface area contributed by atoms with Crippen molar-refractivity contribution in [2.45, 2.75) is 51.4 Å². The van der Waals surface area contributed by atoms with Gasteiger partial charge in [0.1, 0.15) is 0 Å². The first-order chi connectivity index (χ1) is 21.2. The van der Waals surface area contributed by atoms with Crippen LogP contribution in [0.25, 0.3) is 58.5 Å². The first kappa shape index (κ1) is 27.2. The maximum atomic E-state index is 2.46. The highest BCUT2D eigenvalue weighted by Gasteiger charge is 2.18. The van der Waals surface area contributed by atoms with Crippen LogP contribution in [0.5, 0.6) is 0 Å². The highest BCUT2D eigenvalue weighted by Crippen LogP contribution is 2.47. The molecule has 0 bridgehead atoms. The maximum Gasteiger partial charge on any atom is 0.0449 e. The van der Waals surface area contributed by atoms with Crippen LogP contribution in [0.15, 0.2) is 72.8 Å². The summed E-state index contributed by atoms with van der Waals surface area (Å²) in [6.07, 6.45) is 10.5. The lowest BCUT2D eigenvalue weighted by Gasteiger charge is -2.08. The van der Waals surface area contributed by atoms with E-state index in [1.54, 1.807) is 20.9 Å². The molecule has 9 rings (SSSR count). The maximum absolute atomic E-state index is 2.46. The van der Waals surface area contributed by atoms with E-state index in [0.29, 0.717) is 0 Å². The molecule has 0 fully saturated rings. The average molecular weight is 685 g/mol. The molecule has 7 heteroatoms. The highest BCUT2D eigenvalue weighted by atomic mass is 32.1. The van der Waals surface area contributed by atoms with Crippen LogP contribution in [0.2, 0.25) is 0 Å². The Hall–Kier alpha value is -2.10. The molecule has 7 aromatic heterocycles. The van der Waals surface area contributed by atoms with Gasteiger partial charge in [-0.05, 0) is 135 Å². The third kappa shape index (κ3) is 5.21. The molecule has 0 saturated carbocycles. The molecule has 0 unspecified atom stereocenters. The van der Waals surface area contributed by atoms with Crippen molar-refractivity contribution in [1.82, 2.24) is 0 Å². The third-order valence-corrected chi connectivity index (χ3v) is 17.6. The molecule has 2 aliphatic carbocycles. The molecule has 0 amide bonds. The Morgan fingerprint density at radius 2 is 0.535 bits per heavy atom. The van der Waals surface area contributed by atoms with E-state index in [0.717, 1.165) is 0 Å². The molecule has 0 aliphatic heterocycles. The van der Waals surface area contributed by atoms with Gasteiger partial charge < -0.3 is 0 Å². The Kier molecular flexibility index (Phi) is 7.19. The zero-order valence-electron chi connectivity index (χ0n) is 23.4. The first-order valence-electron chi connectivity index (χ1n) is 15.0. The second-order valence-corrected chi connectivity index (χ2v) is 19.0. The molecule has 0 nitrogen and oxygen atoms in total. The summed E-state index contributed by atoms with van der Waals surface area (Å²) < 4.78 is 0. The van der Waals surface area contributed by atoms with Gasteiger partial charge in [-0.2, -0.15) is 0 Å². The van der Waals surface area contributed by atoms with Crippen molar-refractivity contribution in [2.24, 2.45) is 0 Å². The summed E-state index contributed by atoms with van der Waals surface area (Å²) in [6, 6.07) is 28.1. The van der Waals surface area contributed by atoms with Gasteiger partial charge in [0.15, 0.2) is 0 Å². The first-order valence-corrected chi connectivity index (χ1v) is 20.7. The van der Waals surface area contributed by atoms with E-state index in [4.69, 9.17) is 0 Å². The fourth-order valence-corrected chi connectivity index (χ4v) is 14.3. The molecule has 0 saturated heterocycles. The smallest absolute Gasteiger partial charge is 0.0449 e. The molecule has 0 spiro atoms. The number of hydrogen-bond acceptors (Lipinski definition) is 7. The molecule has 0 aromatic carbocycles. The summed E-state index contributed by atoms with van der Waals surface area (Å²) in [6.45, 7) is 0. The van der Waals surface area contributed by atoms with Gasteiger partial charge in [0.2, 0.25) is 0 Å². The van der Waals surface area contributed by atoms with E-state index in [-0.39, 0.29) is 0 Å². The monoisotopic (exact) mass is 684 g/mol. The lowest BCUT2D eigenvalue weighted by molar-refractivity contribution is 0.697. The van der Waals surface area contributed by atoms with E-state index in [1.807, 2.05) is 79.4 Å². The molecular weight excluding hydrogens is 657 g/mol. The fourth-order valence-electron chi connectivity index (χ4n) is 6.24. The lowest BCUT2D eigenvalue weighted by atomic mass is 9.99. The van der Waals surface area contributed by atoms with Crippen molar-refractivity contribution in [3.05, 3.63) is 93.7 Å². The molecular formula is C36H28S7. The molecule has 7 heterocycles. The van der Waals surface area contributed by atoms with Crippen LogP contribution in [-0.4, -0.2) is 0 Å². The van der Waals surface area contributed by atoms with Crippen LogP contribution in [0.3, 0.4) is 0 Å². The van der Waals surface area contributed by atoms with Crippen LogP contribution < -0.4 is 0 Å². The van der Waals surface area contributed by atoms with E-state index in [1.165, 1.54) is 110 Å². The lowest BCUT2D eigenvalue weighted by Crippen LogP contribution is -1.96. The van der Waals surface area contributed by atoms with Crippen molar-refractivity contribution in [2.75, 3.05) is 0 Å². The Labute approximate surface area is 280 Å². The molecule has 0 atom stereocenters. The topological polar surface area (TPSA) is 0 Å². The minimum absolute atomic E-state index is 1.26. The summed E-state index contributed by atoms with van der Waals surface area (Å²) in [7, 11) is 0. The minimum atomic E-state index is 1.26. The minimum Gasteiger partial charge on any atom is -0.139 e. The van der Waals surface area contributed by atoms with Crippen molar-refractivity contribution in [3.8, 4) is 58.5 Å². The van der Waals surface area contributed by atoms with Crippen LogP contribution in [0, 0.1) is 0 Å². The highest BCUT2D eigenvalue weighted by molar-refractivity contribution is 7.31. The number of aryl methyl sites for hydroxylation is 4. The van der Waals surface area contributed by atoms with E-state index < -0.39 is 0 Å². The fraction of sp³-hybridized carbons (Fsp3) is 0.222. The molecule has 214 valence electrons. The van der Waals surface area contributed by atoms with Gasteiger partial charge in [-0.15, -0.1) is 79.4 Å². The predicted octanol–water partition coefficient (Wildman–Crippen LogP) is 13.9. The Morgan fingerprint density at radius 3 is 0.814 bits per heavy atom. The predicted molar refractivity (Wildman–Crippen MR) is 197 cm³/mol. The Bertz CT molecular complexity index is 1870. The normalized spacial score (nSPS) is 14.7. The number of thiophene rings is 7. The van der Waals surface area contributed by atoms with Gasteiger partial charge in [-0.3, -0.25) is 0 Å². The van der Waals surface area contributed by atoms with Crippen molar-refractivity contribution in [3.63, 3.8) is 0 Å². The summed E-state index contributed by atoms with van der Waals surface area (Å²) in [5.74, 6) is 0. The zero-order chi connectivity index (χ0) is 28.3. The Morgan fingerprint density at radius 1 is 0.279 bits per heavy atom. The summed E-state index contributed by atoms with van der Waals surface area (Å²) >= 11 is 13.7. The largest absolute Gasteiger partial charge is 0.139 e. The second kappa shape index (κ2) is 11.4. The SMILES string of the molecule is c1cc(-c2ccc(-c3ccc(-c4cc5c(s4)CCCC5)s3)s2)sc1-c1ccc(-c2ccc(-c3cc4c(s3)CCCC4)s2)s1. The van der Waals surface area contributed by atoms with Gasteiger partial charge >= 0.3 is 0 Å². The zero-order valence-corrected chi connectivity index (χ0v) is 29.2. The number of fused-ring (bicyclic) bond motifs is 2. The van der Waals surface area contributed by atoms with Crippen LogP contribution in [0.4, 0.5) is 0 Å². The average Bonchev–Trinajstić information content (AvgIpc) is 3.88. The van der Waals surface area contributed by atoms with Gasteiger partial charge in [-0.1, -0.05) is 0 Å². The number of hydrogen-bond donors (Lipinski definition) is 0. The molecule has 2 aliphatic rings. The molecule has 7 aromatic rings. The van der Waals surface area contributed by atoms with Crippen LogP contribution in [0.1, 0.15) is 46.6 Å². The van der Waals surface area contributed by atoms with Gasteiger partial charge in [0, 0.05) is 68.3 Å². The summed E-state index contributed by atoms with van der Waals surface area (Å²) in [5, 5.41) is 0. The Balaban J connectivity index is 0.920. The number of rotatable bonds is 6. The van der Waals surface area contributed by atoms with E-state index in [2.05, 4.69) is 72.8 Å². The van der Waals surface area contributed by atoms with Gasteiger partial charge in [-0.25, -0.2) is 0 Å². The van der Waals surface area contributed by atoms with E-state index >= 15 is 0 Å². The van der Waals surface area contributed by atoms with Gasteiger partial charge in [0.05, 0.1) is 0 Å². The summed E-state index contributed by atoms with van der Waals surface area (Å²) in [4.78, 5) is 20.0. The van der Waals surface area contributed by atoms with Crippen LogP contribution in [-0.2, 0) is 25.7 Å². The quantitative estimate of drug-likeness (QED) is 0.164. The third-order valence-electron chi connectivity index (χ3n) is 8.48. The summed E-state index contributed by atoms with van der Waals surface area (Å²) in [5.41, 5.74) is 3.20. The van der Waals surface area contributed by atoms with Crippen molar-refractivity contribution >= 4 is 79.4 Å². The van der Waals surface area contributed by atoms with Crippen LogP contribution >= 0.6 is 79.4 Å². The standard InChI is InChI=1S/C36H28S7/c1-3-7-23-21(5-1)19-35(37-23)33-17-15-31(42-33)29-13-11-27(40-29)25-9-10-26(39-25)28-12-14-30(41-28)32-16-18-34(43-32)36-20-22-6-2-4-8-24(22)38-36/h9-20H,1-8H2. The van der Waals surface area contributed by atoms with E-state index in [9.17, 15) is 0 Å². The molecule has 43 heavy (non-hydrogen) atoms. The molecule has 0 radical (unpaired) electrons. The van der Waals surface area contributed by atoms with Gasteiger partial charge in [0.25, 0.3) is 0 Å².